The van der Waals surface area contributed by atoms with Gasteiger partial charge in [0, 0.05) is 5.92 Å². The van der Waals surface area contributed by atoms with Crippen LogP contribution in [0.5, 0.6) is 0 Å². The van der Waals surface area contributed by atoms with Gasteiger partial charge in [0.05, 0.1) is 11.8 Å². The molecule has 0 bridgehead atoms. The van der Waals surface area contributed by atoms with Gasteiger partial charge in [-0.05, 0) is 19.8 Å². The van der Waals surface area contributed by atoms with Crippen LogP contribution in [0.4, 0.5) is 4.79 Å². The zero-order chi connectivity index (χ0) is 8.77. The highest BCUT2D eigenvalue weighted by Crippen LogP contribution is 2.44. The Morgan fingerprint density at radius 1 is 1.67 bits per heavy atom. The maximum Gasteiger partial charge on any atom is 0.433 e. The third-order valence-corrected chi connectivity index (χ3v) is 2.53. The van der Waals surface area contributed by atoms with E-state index >= 15 is 0 Å². The van der Waals surface area contributed by atoms with E-state index in [9.17, 15) is 9.70 Å². The van der Waals surface area contributed by atoms with Crippen molar-refractivity contribution in [2.45, 2.75) is 25.4 Å². The third-order valence-electron chi connectivity index (χ3n) is 2.53. The maximum absolute atomic E-state index is 11.0. The Hall–Kier alpha value is -1.13. The smallest absolute Gasteiger partial charge is 0.433 e. The molecule has 12 heavy (non-hydrogen) atoms. The van der Waals surface area contributed by atoms with Gasteiger partial charge in [-0.2, -0.15) is 5.01 Å². The number of carbonyl (C=O) groups is 1. The van der Waals surface area contributed by atoms with E-state index in [1.54, 1.807) is 0 Å². The molecule has 1 saturated heterocycles. The average Bonchev–Trinajstić information content (AvgIpc) is 2.79. The lowest BCUT2D eigenvalue weighted by molar-refractivity contribution is 0.0541. The lowest BCUT2D eigenvalue weighted by atomic mass is 10.0. The molecule has 2 aliphatic rings. The van der Waals surface area contributed by atoms with Crippen LogP contribution in [0.1, 0.15) is 19.8 Å². The van der Waals surface area contributed by atoms with Crippen molar-refractivity contribution in [1.29, 1.82) is 0 Å². The summed E-state index contributed by atoms with van der Waals surface area (Å²) in [5, 5.41) is 3.43. The Kier molecular flexibility index (Phi) is 1.37. The molecule has 2 fully saturated rings. The number of carbonyl (C=O) groups excluding carboxylic acids is 1. The Balaban J connectivity index is 2.12. The molecule has 0 aromatic rings. The summed E-state index contributed by atoms with van der Waals surface area (Å²) >= 11 is 0. The van der Waals surface area contributed by atoms with E-state index in [0.717, 1.165) is 17.9 Å². The van der Waals surface area contributed by atoms with E-state index in [0.29, 0.717) is 12.5 Å². The molecule has 0 aromatic heterocycles. The summed E-state index contributed by atoms with van der Waals surface area (Å²) in [4.78, 5) is 21.1. The second-order valence-corrected chi connectivity index (χ2v) is 3.59. The Morgan fingerprint density at radius 3 is 2.75 bits per heavy atom. The Morgan fingerprint density at radius 2 is 2.33 bits per heavy atom. The monoisotopic (exact) mass is 170 g/mol. The van der Waals surface area contributed by atoms with E-state index in [4.69, 9.17) is 4.74 Å². The molecule has 0 spiro atoms. The lowest BCUT2D eigenvalue weighted by Gasteiger charge is -2.19. The molecule has 1 amide bonds. The summed E-state index contributed by atoms with van der Waals surface area (Å²) in [6.07, 6.45) is 1.55. The molecular weight excluding hydrogens is 160 g/mol. The van der Waals surface area contributed by atoms with Crippen LogP contribution in [0.15, 0.2) is 5.29 Å². The van der Waals surface area contributed by atoms with Gasteiger partial charge >= 0.3 is 6.09 Å². The predicted octanol–water partition coefficient (Wildman–Crippen LogP) is 1.29. The minimum Gasteiger partial charge on any atom is -0.439 e. The average molecular weight is 170 g/mol. The number of rotatable bonds is 2. The number of ether oxygens (including phenoxy) is 1. The molecule has 1 heterocycles. The van der Waals surface area contributed by atoms with Crippen molar-refractivity contribution < 1.29 is 9.53 Å². The highest BCUT2D eigenvalue weighted by molar-refractivity contribution is 5.70. The van der Waals surface area contributed by atoms with Crippen LogP contribution in [0, 0.1) is 10.8 Å². The van der Waals surface area contributed by atoms with E-state index in [1.807, 2.05) is 6.92 Å². The van der Waals surface area contributed by atoms with Crippen molar-refractivity contribution in [2.24, 2.45) is 11.2 Å². The molecule has 5 heteroatoms. The largest absolute Gasteiger partial charge is 0.439 e. The molecule has 1 unspecified atom stereocenters. The first-order chi connectivity index (χ1) is 5.65. The number of hydrogen-bond donors (Lipinski definition) is 0. The van der Waals surface area contributed by atoms with E-state index < -0.39 is 11.7 Å². The third kappa shape index (κ3) is 0.964. The minimum atomic E-state index is -0.612. The number of amides is 1. The van der Waals surface area contributed by atoms with Crippen molar-refractivity contribution in [3.8, 4) is 0 Å². The summed E-state index contributed by atoms with van der Waals surface area (Å²) in [6.45, 7) is 2.16. The highest BCUT2D eigenvalue weighted by Gasteiger charge is 2.52. The Bertz CT molecular complexity index is 239. The van der Waals surface area contributed by atoms with Gasteiger partial charge in [0.2, 0.25) is 0 Å². The van der Waals surface area contributed by atoms with Gasteiger partial charge in [-0.3, -0.25) is 0 Å². The van der Waals surface area contributed by atoms with Crippen molar-refractivity contribution >= 4 is 6.09 Å². The van der Waals surface area contributed by atoms with Crippen LogP contribution in [0.25, 0.3) is 0 Å². The van der Waals surface area contributed by atoms with Crippen LogP contribution < -0.4 is 0 Å². The number of nitroso groups, excluding NO2 is 1. The van der Waals surface area contributed by atoms with Crippen molar-refractivity contribution in [1.82, 2.24) is 5.01 Å². The fourth-order valence-electron chi connectivity index (χ4n) is 1.61. The van der Waals surface area contributed by atoms with Gasteiger partial charge in [-0.25, -0.2) is 4.79 Å². The van der Waals surface area contributed by atoms with Crippen molar-refractivity contribution in [3.05, 3.63) is 4.91 Å². The zero-order valence-electron chi connectivity index (χ0n) is 6.82. The summed E-state index contributed by atoms with van der Waals surface area (Å²) in [5.74, 6) is 0.424. The molecular formula is C7H10N2O3. The van der Waals surface area contributed by atoms with Crippen molar-refractivity contribution in [2.75, 3.05) is 6.54 Å². The summed E-state index contributed by atoms with van der Waals surface area (Å²) in [7, 11) is 0. The van der Waals surface area contributed by atoms with Gasteiger partial charge in [-0.15, -0.1) is 4.91 Å². The van der Waals surface area contributed by atoms with E-state index in [-0.39, 0.29) is 0 Å². The molecule has 66 valence electrons. The molecule has 0 N–H and O–H groups in total. The van der Waals surface area contributed by atoms with E-state index in [2.05, 4.69) is 5.29 Å². The second kappa shape index (κ2) is 2.18. The highest BCUT2D eigenvalue weighted by atomic mass is 16.6. The topological polar surface area (TPSA) is 59.0 Å². The van der Waals surface area contributed by atoms with Crippen LogP contribution in [-0.2, 0) is 4.74 Å². The Labute approximate surface area is 69.6 Å². The van der Waals surface area contributed by atoms with Crippen LogP contribution in [0.3, 0.4) is 0 Å². The number of nitrogens with zero attached hydrogens (tertiary/aromatic N) is 2. The molecule has 5 nitrogen and oxygen atoms in total. The molecule has 1 atom stereocenters. The molecule has 1 saturated carbocycles. The van der Waals surface area contributed by atoms with Gasteiger partial charge < -0.3 is 4.74 Å². The van der Waals surface area contributed by atoms with Crippen LogP contribution in [-0.4, -0.2) is 23.2 Å². The predicted molar refractivity (Wildman–Crippen MR) is 40.1 cm³/mol. The summed E-state index contributed by atoms with van der Waals surface area (Å²) in [6, 6.07) is 0. The maximum atomic E-state index is 11.0. The summed E-state index contributed by atoms with van der Waals surface area (Å²) in [5.41, 5.74) is -0.467. The van der Waals surface area contributed by atoms with Gasteiger partial charge in [-0.1, -0.05) is 0 Å². The molecule has 2 rings (SSSR count). The first kappa shape index (κ1) is 7.52. The van der Waals surface area contributed by atoms with Gasteiger partial charge in [0.1, 0.15) is 5.60 Å². The molecule has 0 aromatic carbocycles. The van der Waals surface area contributed by atoms with E-state index in [1.165, 1.54) is 0 Å². The fraction of sp³-hybridized carbons (Fsp3) is 0.857. The van der Waals surface area contributed by atoms with Crippen LogP contribution in [0.2, 0.25) is 0 Å². The number of hydrogen-bond acceptors (Lipinski definition) is 4. The number of cyclic esters (lactones) is 1. The fourth-order valence-corrected chi connectivity index (χ4v) is 1.61. The first-order valence-electron chi connectivity index (χ1n) is 3.99. The SMILES string of the molecule is CC1(C2CC2)CN(N=O)C(=O)O1. The minimum absolute atomic E-state index is 0.306. The molecule has 0 radical (unpaired) electrons. The van der Waals surface area contributed by atoms with Gasteiger partial charge in [0.15, 0.2) is 0 Å². The zero-order valence-corrected chi connectivity index (χ0v) is 6.82. The van der Waals surface area contributed by atoms with Crippen LogP contribution >= 0.6 is 0 Å². The normalized spacial score (nSPS) is 35.1. The molecule has 1 aliphatic carbocycles. The quantitative estimate of drug-likeness (QED) is 0.586. The summed E-state index contributed by atoms with van der Waals surface area (Å²) < 4.78 is 5.07. The van der Waals surface area contributed by atoms with Gasteiger partial charge in [0.25, 0.3) is 0 Å². The first-order valence-corrected chi connectivity index (χ1v) is 3.99. The standard InChI is InChI=1S/C7H10N2O3/c1-7(5-2-3-5)4-9(8-11)6(10)12-7/h5H,2-4H2,1H3. The molecule has 1 aliphatic heterocycles. The van der Waals surface area contributed by atoms with Crippen molar-refractivity contribution in [3.63, 3.8) is 0 Å². The lowest BCUT2D eigenvalue weighted by Crippen LogP contribution is -2.31. The second-order valence-electron chi connectivity index (χ2n) is 3.59.